The summed E-state index contributed by atoms with van der Waals surface area (Å²) in [6, 6.07) is 92.6. The van der Waals surface area contributed by atoms with E-state index in [9.17, 15) is 0 Å². The van der Waals surface area contributed by atoms with E-state index < -0.39 is 5.41 Å². The molecule has 0 aromatic heterocycles. The molecule has 4 unspecified atom stereocenters. The molecule has 6 aliphatic carbocycles. The maximum atomic E-state index is 2.62. The average Bonchev–Trinajstić information content (AvgIpc) is 1.52. The average molecular weight is 1120 g/mol. The Hall–Kier alpha value is -9.76. The van der Waals surface area contributed by atoms with Crippen molar-refractivity contribution in [1.82, 2.24) is 0 Å². The van der Waals surface area contributed by atoms with Crippen LogP contribution in [0.15, 0.2) is 314 Å². The van der Waals surface area contributed by atoms with Crippen LogP contribution in [-0.2, 0) is 5.41 Å². The van der Waals surface area contributed by atoms with Gasteiger partial charge in [-0.3, -0.25) is 0 Å². The van der Waals surface area contributed by atoms with Gasteiger partial charge in [0.25, 0.3) is 0 Å². The number of rotatable bonds is 12. The normalized spacial score (nSPS) is 19.5. The Balaban J connectivity index is 0.757. The highest BCUT2D eigenvalue weighted by Gasteiger charge is 2.52. The number of benzene rings is 10. The van der Waals surface area contributed by atoms with E-state index in [0.29, 0.717) is 18.0 Å². The van der Waals surface area contributed by atoms with Gasteiger partial charge in [-0.1, -0.05) is 254 Å². The summed E-state index contributed by atoms with van der Waals surface area (Å²) in [6.07, 6.45) is 31.0. The second-order valence-corrected chi connectivity index (χ2v) is 24.6. The molecule has 0 heterocycles. The van der Waals surface area contributed by atoms with Crippen LogP contribution >= 0.6 is 0 Å². The molecule has 10 aromatic carbocycles. The van der Waals surface area contributed by atoms with Gasteiger partial charge in [0, 0.05) is 40.8 Å². The van der Waals surface area contributed by atoms with E-state index in [1.54, 1.807) is 5.57 Å². The lowest BCUT2D eigenvalue weighted by Gasteiger charge is -2.37. The van der Waals surface area contributed by atoms with Crippen LogP contribution in [0.1, 0.15) is 80.0 Å². The van der Waals surface area contributed by atoms with E-state index in [1.165, 1.54) is 123 Å². The molecule has 0 fully saturated rings. The first kappa shape index (κ1) is 52.8. The molecule has 4 atom stereocenters. The number of hydrogen-bond donors (Lipinski definition) is 0. The molecule has 0 aliphatic heterocycles. The lowest BCUT2D eigenvalue weighted by atomic mass is 9.70. The van der Waals surface area contributed by atoms with E-state index >= 15 is 0 Å². The van der Waals surface area contributed by atoms with E-state index in [2.05, 4.69) is 307 Å². The molecule has 2 heteroatoms. The first-order valence-electron chi connectivity index (χ1n) is 31.8. The monoisotopic (exact) mass is 1120 g/mol. The van der Waals surface area contributed by atoms with Crippen molar-refractivity contribution in [2.75, 3.05) is 9.80 Å². The minimum absolute atomic E-state index is 0.341. The second-order valence-electron chi connectivity index (χ2n) is 24.6. The van der Waals surface area contributed by atoms with Crippen LogP contribution in [-0.4, -0.2) is 12.1 Å². The summed E-state index contributed by atoms with van der Waals surface area (Å²) in [6.45, 7) is 0. The van der Waals surface area contributed by atoms with Crippen molar-refractivity contribution in [1.29, 1.82) is 0 Å². The first-order valence-corrected chi connectivity index (χ1v) is 31.8. The Morgan fingerprint density at radius 3 is 1.22 bits per heavy atom. The highest BCUT2D eigenvalue weighted by molar-refractivity contribution is 6.03. The summed E-state index contributed by atoms with van der Waals surface area (Å²) in [5, 5.41) is 0. The molecule has 2 nitrogen and oxygen atoms in total. The van der Waals surface area contributed by atoms with Gasteiger partial charge in [-0.25, -0.2) is 0 Å². The lowest BCUT2D eigenvalue weighted by Crippen LogP contribution is -2.33. The zero-order chi connectivity index (χ0) is 57.7. The van der Waals surface area contributed by atoms with Gasteiger partial charge >= 0.3 is 0 Å². The predicted molar refractivity (Wildman–Crippen MR) is 366 cm³/mol. The maximum absolute atomic E-state index is 2.62. The van der Waals surface area contributed by atoms with Crippen LogP contribution in [0.25, 0.3) is 66.8 Å². The molecule has 0 bridgehead atoms. The topological polar surface area (TPSA) is 6.48 Å². The van der Waals surface area contributed by atoms with Gasteiger partial charge in [-0.05, 0) is 206 Å². The van der Waals surface area contributed by atoms with Crippen molar-refractivity contribution in [3.63, 3.8) is 0 Å². The maximum Gasteiger partial charge on any atom is 0.0725 e. The van der Waals surface area contributed by atoms with Crippen LogP contribution in [0.2, 0.25) is 0 Å². The third kappa shape index (κ3) is 9.33. The van der Waals surface area contributed by atoms with Crippen molar-refractivity contribution in [3.8, 4) is 66.8 Å². The summed E-state index contributed by atoms with van der Waals surface area (Å²) in [5.41, 5.74) is 29.7. The fourth-order valence-corrected chi connectivity index (χ4v) is 15.8. The Labute approximate surface area is 513 Å². The molecule has 1 spiro atoms. The van der Waals surface area contributed by atoms with Gasteiger partial charge in [-0.15, -0.1) is 0 Å². The van der Waals surface area contributed by atoms with E-state index in [4.69, 9.17) is 0 Å². The fourth-order valence-electron chi connectivity index (χ4n) is 15.8. The van der Waals surface area contributed by atoms with E-state index in [1.807, 2.05) is 0 Å². The van der Waals surface area contributed by atoms with E-state index in [0.717, 1.165) is 57.8 Å². The van der Waals surface area contributed by atoms with Crippen LogP contribution in [0, 0.1) is 5.92 Å². The van der Waals surface area contributed by atoms with Crippen molar-refractivity contribution >= 4 is 22.7 Å². The van der Waals surface area contributed by atoms with Crippen LogP contribution in [0.3, 0.4) is 0 Å². The molecule has 10 aromatic rings. The van der Waals surface area contributed by atoms with Gasteiger partial charge in [0.1, 0.15) is 0 Å². The summed E-state index contributed by atoms with van der Waals surface area (Å²) >= 11 is 0. The molecule has 0 radical (unpaired) electrons. The summed E-state index contributed by atoms with van der Waals surface area (Å²) in [4.78, 5) is 5.24. The molecule has 87 heavy (non-hydrogen) atoms. The Morgan fingerprint density at radius 1 is 0.322 bits per heavy atom. The summed E-state index contributed by atoms with van der Waals surface area (Å²) in [7, 11) is 0. The Morgan fingerprint density at radius 2 is 0.770 bits per heavy atom. The minimum atomic E-state index is -0.496. The van der Waals surface area contributed by atoms with Crippen LogP contribution in [0.4, 0.5) is 22.7 Å². The van der Waals surface area contributed by atoms with Crippen LogP contribution < -0.4 is 9.80 Å². The Kier molecular flexibility index (Phi) is 13.7. The van der Waals surface area contributed by atoms with Gasteiger partial charge < -0.3 is 9.80 Å². The number of allylic oxidation sites excluding steroid dienone is 10. The van der Waals surface area contributed by atoms with Gasteiger partial charge in [0.05, 0.1) is 5.41 Å². The van der Waals surface area contributed by atoms with Gasteiger partial charge in [0.2, 0.25) is 0 Å². The smallest absolute Gasteiger partial charge is 0.0725 e. The second kappa shape index (κ2) is 22.6. The molecular weight excluding hydrogens is 1050 g/mol. The van der Waals surface area contributed by atoms with Gasteiger partial charge in [0.15, 0.2) is 0 Å². The van der Waals surface area contributed by atoms with Crippen LogP contribution in [0.5, 0.6) is 0 Å². The summed E-state index contributed by atoms with van der Waals surface area (Å²) in [5.74, 6) is 0.519. The fraction of sp³-hybridized carbons (Fsp3) is 0.153. The standard InChI is InChI=1S/C85H70N2/c1-5-19-59(20-6-1)63-35-47-69(48-36-63)86(70-49-37-64(38-50-70)60-21-7-2-8-22-60)73-55-43-67(44-56-73)75-29-17-33-81-83(75)77-27-13-15-31-79(77)85(81)80-32-16-14-28-78(80)84-76(30-18-34-82(84)85)68-45-57-74(58-46-68)87(71-51-39-65(40-52-71)61-23-9-3-10-24-61)72-53-41-66(42-54-72)62-25-11-4-12-26-62/h1-11,13-21,23-25,27-37,39-41,43-48,51-52,55-58,60,70,72H,12,22,26,38,42,49-50,53-54H2. The largest absolute Gasteiger partial charge is 0.338 e. The first-order chi connectivity index (χ1) is 43.2. The van der Waals surface area contributed by atoms with E-state index in [-0.39, 0.29) is 0 Å². The predicted octanol–water partition coefficient (Wildman–Crippen LogP) is 22.3. The third-order valence-electron chi connectivity index (χ3n) is 20.0. The highest BCUT2D eigenvalue weighted by Crippen LogP contribution is 2.65. The number of fused-ring (bicyclic) bond motifs is 10. The van der Waals surface area contributed by atoms with Crippen molar-refractivity contribution in [3.05, 3.63) is 336 Å². The zero-order valence-electron chi connectivity index (χ0n) is 49.3. The molecule has 420 valence electrons. The zero-order valence-corrected chi connectivity index (χ0v) is 49.3. The Bertz CT molecular complexity index is 4400. The molecule has 16 rings (SSSR count). The van der Waals surface area contributed by atoms with Crippen molar-refractivity contribution in [2.45, 2.75) is 75.3 Å². The van der Waals surface area contributed by atoms with Crippen molar-refractivity contribution in [2.24, 2.45) is 5.92 Å². The molecule has 0 N–H and O–H groups in total. The minimum Gasteiger partial charge on any atom is -0.338 e. The lowest BCUT2D eigenvalue weighted by molar-refractivity contribution is 0.545. The summed E-state index contributed by atoms with van der Waals surface area (Å²) < 4.78 is 0. The molecule has 0 saturated heterocycles. The number of anilines is 4. The molecular formula is C85H70N2. The third-order valence-corrected chi connectivity index (χ3v) is 20.0. The number of nitrogens with zero attached hydrogens (tertiary/aromatic N) is 2. The highest BCUT2D eigenvalue weighted by atomic mass is 15.2. The molecule has 0 amide bonds. The quantitative estimate of drug-likeness (QED) is 0.113. The van der Waals surface area contributed by atoms with Crippen molar-refractivity contribution < 1.29 is 0 Å². The SMILES string of the molecule is C1=CCCC(C2=CCC(N(c3ccc(-c4ccccc4)cc3)c3ccc(-c4cccc5c4-c4ccccc4C54c5ccccc5-c5c(-c6ccc(N(c7ccc(-c8ccccc8)cc7)C7CC=C(C8C=CC=CC8)CC7)cc6)cccc54)cc3)CC2)=C1. The molecule has 6 aliphatic rings. The van der Waals surface area contributed by atoms with Gasteiger partial charge in [-0.2, -0.15) is 0 Å². The number of hydrogen-bond acceptors (Lipinski definition) is 2. The molecule has 0 saturated carbocycles.